The van der Waals surface area contributed by atoms with E-state index in [9.17, 15) is 4.79 Å². The van der Waals surface area contributed by atoms with Crippen LogP contribution in [-0.2, 0) is 17.6 Å². The number of hydrogen-bond donors (Lipinski definition) is 1. The molecule has 0 saturated heterocycles. The van der Waals surface area contributed by atoms with Crippen LogP contribution in [0.25, 0.3) is 0 Å². The monoisotopic (exact) mass is 263 g/mol. The van der Waals surface area contributed by atoms with Crippen molar-refractivity contribution in [3.8, 4) is 0 Å². The number of nitrogens with one attached hydrogen (secondary N) is 1. The largest absolute Gasteiger partial charge is 0.346 e. The first-order valence-corrected chi connectivity index (χ1v) is 7.48. The maximum Gasteiger partial charge on any atom is 0.226 e. The molecule has 1 aliphatic rings. The van der Waals surface area contributed by atoms with Crippen LogP contribution in [0.15, 0.2) is 0 Å². The number of carbonyl (C=O) groups is 1. The number of aromatic nitrogens is 2. The van der Waals surface area contributed by atoms with Crippen LogP contribution in [0.1, 0.15) is 50.3 Å². The van der Waals surface area contributed by atoms with Crippen molar-refractivity contribution in [1.29, 1.82) is 0 Å². The van der Waals surface area contributed by atoms with Crippen molar-refractivity contribution in [1.82, 2.24) is 14.9 Å². The van der Waals surface area contributed by atoms with Crippen LogP contribution in [-0.4, -0.2) is 33.9 Å². The smallest absolute Gasteiger partial charge is 0.226 e. The fourth-order valence-corrected chi connectivity index (χ4v) is 2.87. The maximum absolute atomic E-state index is 12.5. The Kier molecular flexibility index (Phi) is 4.61. The Morgan fingerprint density at radius 3 is 2.95 bits per heavy atom. The topological polar surface area (TPSA) is 49.0 Å². The lowest BCUT2D eigenvalue weighted by Gasteiger charge is -2.28. The highest BCUT2D eigenvalue weighted by Gasteiger charge is 2.29. The van der Waals surface area contributed by atoms with E-state index in [4.69, 9.17) is 0 Å². The number of unbranched alkanes of at least 4 members (excludes halogenated alkanes) is 1. The molecule has 1 aromatic heterocycles. The molecule has 1 unspecified atom stereocenters. The highest BCUT2D eigenvalue weighted by molar-refractivity contribution is 5.79. The summed E-state index contributed by atoms with van der Waals surface area (Å²) < 4.78 is 0. The van der Waals surface area contributed by atoms with Gasteiger partial charge in [-0.2, -0.15) is 0 Å². The Morgan fingerprint density at radius 1 is 1.47 bits per heavy atom. The fourth-order valence-electron chi connectivity index (χ4n) is 2.87. The summed E-state index contributed by atoms with van der Waals surface area (Å²) in [6.07, 6.45) is 4.94. The molecular weight excluding hydrogens is 238 g/mol. The van der Waals surface area contributed by atoms with Crippen molar-refractivity contribution in [2.75, 3.05) is 13.1 Å². The van der Waals surface area contributed by atoms with E-state index in [2.05, 4.69) is 23.8 Å². The average Bonchev–Trinajstić information content (AvgIpc) is 2.78. The zero-order valence-corrected chi connectivity index (χ0v) is 12.3. The van der Waals surface area contributed by atoms with Gasteiger partial charge in [0.05, 0.1) is 5.69 Å². The second kappa shape index (κ2) is 6.22. The Bertz CT molecular complexity index is 439. The molecule has 1 amide bonds. The fraction of sp³-hybridized carbons (Fsp3) is 0.733. The Morgan fingerprint density at radius 2 is 2.26 bits per heavy atom. The molecule has 2 rings (SSSR count). The first kappa shape index (κ1) is 14.1. The van der Waals surface area contributed by atoms with Gasteiger partial charge in [-0.05, 0) is 33.1 Å². The van der Waals surface area contributed by atoms with Crippen LogP contribution in [0.3, 0.4) is 0 Å². The number of fused-ring (bicyclic) bond motifs is 1. The average molecular weight is 263 g/mol. The highest BCUT2D eigenvalue weighted by Crippen LogP contribution is 2.25. The minimum absolute atomic E-state index is 0.143. The predicted molar refractivity (Wildman–Crippen MR) is 76.0 cm³/mol. The van der Waals surface area contributed by atoms with Gasteiger partial charge in [0.2, 0.25) is 5.91 Å². The van der Waals surface area contributed by atoms with Gasteiger partial charge in [0.15, 0.2) is 0 Å². The SMILES string of the molecule is CCCCN(CC)C(=O)C1CCc2nc(C)[nH]c2C1. The molecule has 0 spiro atoms. The zero-order valence-electron chi connectivity index (χ0n) is 12.3. The summed E-state index contributed by atoms with van der Waals surface area (Å²) in [6.45, 7) is 7.94. The number of aromatic amines is 1. The van der Waals surface area contributed by atoms with Crippen molar-refractivity contribution in [2.45, 2.75) is 52.9 Å². The molecule has 0 aromatic carbocycles. The van der Waals surface area contributed by atoms with E-state index >= 15 is 0 Å². The van der Waals surface area contributed by atoms with Crippen LogP contribution < -0.4 is 0 Å². The molecule has 1 atom stereocenters. The third kappa shape index (κ3) is 3.17. The minimum Gasteiger partial charge on any atom is -0.346 e. The standard InChI is InChI=1S/C15H25N3O/c1-4-6-9-18(5-2)15(19)12-7-8-13-14(10-12)17-11(3)16-13/h12H,4-10H2,1-3H3,(H,16,17). The summed E-state index contributed by atoms with van der Waals surface area (Å²) in [5, 5.41) is 0. The lowest BCUT2D eigenvalue weighted by Crippen LogP contribution is -2.39. The second-order valence-corrected chi connectivity index (χ2v) is 5.46. The van der Waals surface area contributed by atoms with E-state index < -0.39 is 0 Å². The molecule has 1 aromatic rings. The molecule has 0 aliphatic heterocycles. The van der Waals surface area contributed by atoms with Gasteiger partial charge in [-0.3, -0.25) is 4.79 Å². The molecule has 1 aliphatic carbocycles. The third-order valence-corrected chi connectivity index (χ3v) is 3.99. The van der Waals surface area contributed by atoms with Crippen molar-refractivity contribution in [3.63, 3.8) is 0 Å². The van der Waals surface area contributed by atoms with Gasteiger partial charge in [0, 0.05) is 31.1 Å². The predicted octanol–water partition coefficient (Wildman–Crippen LogP) is 2.47. The summed E-state index contributed by atoms with van der Waals surface area (Å²) in [4.78, 5) is 22.3. The molecule has 0 radical (unpaired) electrons. The lowest BCUT2D eigenvalue weighted by atomic mass is 9.88. The van der Waals surface area contributed by atoms with Gasteiger partial charge in [-0.15, -0.1) is 0 Å². The van der Waals surface area contributed by atoms with Crippen molar-refractivity contribution < 1.29 is 4.79 Å². The van der Waals surface area contributed by atoms with Crippen LogP contribution >= 0.6 is 0 Å². The van der Waals surface area contributed by atoms with Gasteiger partial charge < -0.3 is 9.88 Å². The first-order valence-electron chi connectivity index (χ1n) is 7.48. The molecule has 0 saturated carbocycles. The molecule has 0 bridgehead atoms. The summed E-state index contributed by atoms with van der Waals surface area (Å²) in [5.41, 5.74) is 2.34. The van der Waals surface area contributed by atoms with Gasteiger partial charge in [0.1, 0.15) is 5.82 Å². The quantitative estimate of drug-likeness (QED) is 0.887. The summed E-state index contributed by atoms with van der Waals surface area (Å²) in [5.74, 6) is 1.44. The minimum atomic E-state index is 0.143. The molecule has 4 heteroatoms. The van der Waals surface area contributed by atoms with E-state index in [-0.39, 0.29) is 5.92 Å². The Balaban J connectivity index is 2.00. The van der Waals surface area contributed by atoms with E-state index in [1.165, 1.54) is 5.69 Å². The van der Waals surface area contributed by atoms with Crippen LogP contribution in [0.5, 0.6) is 0 Å². The number of aryl methyl sites for hydroxylation is 2. The van der Waals surface area contributed by atoms with Crippen molar-refractivity contribution in [3.05, 3.63) is 17.2 Å². The molecule has 19 heavy (non-hydrogen) atoms. The summed E-state index contributed by atoms with van der Waals surface area (Å²) >= 11 is 0. The van der Waals surface area contributed by atoms with E-state index in [1.54, 1.807) is 0 Å². The number of imidazole rings is 1. The second-order valence-electron chi connectivity index (χ2n) is 5.46. The number of nitrogens with zero attached hydrogens (tertiary/aromatic N) is 2. The summed E-state index contributed by atoms with van der Waals surface area (Å²) in [6, 6.07) is 0. The van der Waals surface area contributed by atoms with E-state index in [1.807, 2.05) is 11.8 Å². The number of carbonyl (C=O) groups excluding carboxylic acids is 1. The van der Waals surface area contributed by atoms with Gasteiger partial charge in [-0.25, -0.2) is 4.98 Å². The molecule has 1 heterocycles. The number of amides is 1. The molecule has 4 nitrogen and oxygen atoms in total. The molecular formula is C15H25N3O. The van der Waals surface area contributed by atoms with Gasteiger partial charge in [-0.1, -0.05) is 13.3 Å². The van der Waals surface area contributed by atoms with Crippen LogP contribution in [0.2, 0.25) is 0 Å². The molecule has 1 N–H and O–H groups in total. The number of rotatable bonds is 5. The van der Waals surface area contributed by atoms with E-state index in [0.717, 1.165) is 56.7 Å². The molecule has 0 fully saturated rings. The van der Waals surface area contributed by atoms with Crippen LogP contribution in [0, 0.1) is 12.8 Å². The van der Waals surface area contributed by atoms with Crippen molar-refractivity contribution in [2.24, 2.45) is 5.92 Å². The van der Waals surface area contributed by atoms with Crippen molar-refractivity contribution >= 4 is 5.91 Å². The normalized spacial score (nSPS) is 18.2. The number of H-pyrrole nitrogens is 1. The van der Waals surface area contributed by atoms with Gasteiger partial charge in [0.25, 0.3) is 0 Å². The highest BCUT2D eigenvalue weighted by atomic mass is 16.2. The summed E-state index contributed by atoms with van der Waals surface area (Å²) in [7, 11) is 0. The van der Waals surface area contributed by atoms with Gasteiger partial charge >= 0.3 is 0 Å². The van der Waals surface area contributed by atoms with Crippen LogP contribution in [0.4, 0.5) is 0 Å². The number of hydrogen-bond acceptors (Lipinski definition) is 2. The Hall–Kier alpha value is -1.32. The third-order valence-electron chi connectivity index (χ3n) is 3.99. The first-order chi connectivity index (χ1) is 9.15. The lowest BCUT2D eigenvalue weighted by molar-refractivity contribution is -0.135. The zero-order chi connectivity index (χ0) is 13.8. The molecule has 106 valence electrons. The Labute approximate surface area is 115 Å². The maximum atomic E-state index is 12.5. The van der Waals surface area contributed by atoms with E-state index in [0.29, 0.717) is 5.91 Å².